The van der Waals surface area contributed by atoms with Gasteiger partial charge in [0.15, 0.2) is 0 Å². The fraction of sp³-hybridized carbons (Fsp3) is 0.111. The first kappa shape index (κ1) is 16.9. The Morgan fingerprint density at radius 2 is 1.96 bits per heavy atom. The molecule has 6 nitrogen and oxygen atoms in total. The maximum absolute atomic E-state index is 11.4. The Labute approximate surface area is 149 Å². The Bertz CT molecular complexity index is 860. The Balaban J connectivity index is 1.66. The first-order valence-electron chi connectivity index (χ1n) is 7.56. The van der Waals surface area contributed by atoms with Crippen LogP contribution in [-0.4, -0.2) is 34.2 Å². The number of benzene rings is 2. The molecule has 1 heterocycles. The van der Waals surface area contributed by atoms with Crippen molar-refractivity contribution in [2.75, 3.05) is 7.11 Å². The fourth-order valence-corrected chi connectivity index (χ4v) is 2.89. The van der Waals surface area contributed by atoms with Gasteiger partial charge in [0.2, 0.25) is 5.16 Å². The number of esters is 1. The van der Waals surface area contributed by atoms with Gasteiger partial charge >= 0.3 is 5.97 Å². The van der Waals surface area contributed by atoms with Crippen molar-refractivity contribution in [2.24, 2.45) is 5.10 Å². The van der Waals surface area contributed by atoms with Gasteiger partial charge in [0.25, 0.3) is 0 Å². The van der Waals surface area contributed by atoms with Crippen LogP contribution in [0.1, 0.15) is 21.5 Å². The van der Waals surface area contributed by atoms with E-state index in [0.717, 1.165) is 11.3 Å². The average Bonchev–Trinajstić information content (AvgIpc) is 3.13. The highest BCUT2D eigenvalue weighted by molar-refractivity contribution is 7.98. The lowest BCUT2D eigenvalue weighted by Gasteiger charge is -2.01. The summed E-state index contributed by atoms with van der Waals surface area (Å²) in [6.07, 6.45) is 3.25. The highest BCUT2D eigenvalue weighted by Gasteiger charge is 2.05. The summed E-state index contributed by atoms with van der Waals surface area (Å²) in [6, 6.07) is 17.2. The van der Waals surface area contributed by atoms with Gasteiger partial charge in [0.1, 0.15) is 6.33 Å². The molecule has 0 amide bonds. The minimum atomic E-state index is -0.359. The Morgan fingerprint density at radius 1 is 1.20 bits per heavy atom. The van der Waals surface area contributed by atoms with Crippen LogP contribution in [0.15, 0.2) is 71.2 Å². The normalized spacial score (nSPS) is 10.9. The van der Waals surface area contributed by atoms with Crippen molar-refractivity contribution in [1.29, 1.82) is 0 Å². The molecule has 0 saturated heterocycles. The third-order valence-corrected chi connectivity index (χ3v) is 4.38. The zero-order valence-corrected chi connectivity index (χ0v) is 14.4. The van der Waals surface area contributed by atoms with E-state index in [2.05, 4.69) is 32.2 Å². The number of ether oxygens (including phenoxy) is 1. The van der Waals surface area contributed by atoms with Gasteiger partial charge in [-0.25, -0.2) is 4.79 Å². The third kappa shape index (κ3) is 4.54. The second kappa shape index (κ2) is 8.25. The number of hydrogen-bond acceptors (Lipinski definition) is 6. The van der Waals surface area contributed by atoms with E-state index in [1.807, 2.05) is 18.2 Å². The van der Waals surface area contributed by atoms with Crippen LogP contribution in [0.2, 0.25) is 0 Å². The molecule has 0 unspecified atom stereocenters. The van der Waals surface area contributed by atoms with E-state index >= 15 is 0 Å². The van der Waals surface area contributed by atoms with Crippen LogP contribution < -0.4 is 0 Å². The molecular formula is C18H16N4O2S. The molecule has 3 rings (SSSR count). The standard InChI is InChI=1S/C18H16N4O2S/c1-24-17(23)16-9-7-14(8-10-16)11-20-22-13-19-21-18(22)25-12-15-5-3-2-4-6-15/h2-11,13H,12H2,1H3/b20-11+. The second-order valence-corrected chi connectivity index (χ2v) is 6.03. The lowest BCUT2D eigenvalue weighted by molar-refractivity contribution is 0.0600. The van der Waals surface area contributed by atoms with Gasteiger partial charge < -0.3 is 4.74 Å². The maximum atomic E-state index is 11.4. The van der Waals surface area contributed by atoms with E-state index in [4.69, 9.17) is 0 Å². The fourth-order valence-electron chi connectivity index (χ4n) is 2.07. The molecule has 0 bridgehead atoms. The van der Waals surface area contributed by atoms with Crippen LogP contribution >= 0.6 is 11.8 Å². The molecule has 0 saturated carbocycles. The molecule has 25 heavy (non-hydrogen) atoms. The molecule has 0 spiro atoms. The molecule has 1 aromatic heterocycles. The molecule has 0 fully saturated rings. The number of carbonyl (C=O) groups excluding carboxylic acids is 1. The molecule has 2 aromatic carbocycles. The topological polar surface area (TPSA) is 69.4 Å². The van der Waals surface area contributed by atoms with Gasteiger partial charge in [-0.15, -0.1) is 10.2 Å². The summed E-state index contributed by atoms with van der Waals surface area (Å²) in [6.45, 7) is 0. The van der Waals surface area contributed by atoms with Crippen LogP contribution in [-0.2, 0) is 10.5 Å². The third-order valence-electron chi connectivity index (χ3n) is 3.37. The van der Waals surface area contributed by atoms with E-state index in [-0.39, 0.29) is 5.97 Å². The maximum Gasteiger partial charge on any atom is 0.337 e. The predicted molar refractivity (Wildman–Crippen MR) is 96.8 cm³/mol. The minimum absolute atomic E-state index is 0.359. The average molecular weight is 352 g/mol. The summed E-state index contributed by atoms with van der Waals surface area (Å²) in [5.41, 5.74) is 2.58. The Kier molecular flexibility index (Phi) is 5.58. The lowest BCUT2D eigenvalue weighted by atomic mass is 10.1. The van der Waals surface area contributed by atoms with E-state index in [1.165, 1.54) is 12.7 Å². The van der Waals surface area contributed by atoms with Gasteiger partial charge in [-0.1, -0.05) is 54.2 Å². The number of nitrogens with zero attached hydrogens (tertiary/aromatic N) is 4. The molecule has 0 aliphatic heterocycles. The van der Waals surface area contributed by atoms with Crippen molar-refractivity contribution in [2.45, 2.75) is 10.9 Å². The summed E-state index contributed by atoms with van der Waals surface area (Å²) >= 11 is 1.57. The number of thioether (sulfide) groups is 1. The van der Waals surface area contributed by atoms with Gasteiger partial charge in [-0.05, 0) is 23.3 Å². The zero-order chi connectivity index (χ0) is 17.5. The molecule has 0 radical (unpaired) electrons. The number of rotatable bonds is 6. The highest BCUT2D eigenvalue weighted by atomic mass is 32.2. The van der Waals surface area contributed by atoms with E-state index < -0.39 is 0 Å². The summed E-state index contributed by atoms with van der Waals surface area (Å²) < 4.78 is 6.30. The van der Waals surface area contributed by atoms with Gasteiger partial charge in [0.05, 0.1) is 18.9 Å². The van der Waals surface area contributed by atoms with Crippen molar-refractivity contribution in [3.05, 3.63) is 77.6 Å². The van der Waals surface area contributed by atoms with Crippen LogP contribution in [0.4, 0.5) is 0 Å². The van der Waals surface area contributed by atoms with E-state index in [0.29, 0.717) is 10.7 Å². The summed E-state index contributed by atoms with van der Waals surface area (Å²) in [4.78, 5) is 11.4. The molecule has 0 atom stereocenters. The smallest absolute Gasteiger partial charge is 0.337 e. The van der Waals surface area contributed by atoms with Crippen molar-refractivity contribution in [3.8, 4) is 0 Å². The van der Waals surface area contributed by atoms with Crippen molar-refractivity contribution < 1.29 is 9.53 Å². The summed E-state index contributed by atoms with van der Waals surface area (Å²) in [5.74, 6) is 0.435. The van der Waals surface area contributed by atoms with E-state index in [9.17, 15) is 4.79 Å². The van der Waals surface area contributed by atoms with Gasteiger partial charge in [-0.3, -0.25) is 0 Å². The molecule has 0 aliphatic carbocycles. The van der Waals surface area contributed by atoms with E-state index in [1.54, 1.807) is 53.2 Å². The molecule has 0 N–H and O–H groups in total. The Hall–Kier alpha value is -2.93. The van der Waals surface area contributed by atoms with Crippen molar-refractivity contribution in [3.63, 3.8) is 0 Å². The molecule has 0 aliphatic rings. The SMILES string of the molecule is COC(=O)c1ccc(/C=N/n2cnnc2SCc2ccccc2)cc1. The van der Waals surface area contributed by atoms with Crippen LogP contribution in [0.5, 0.6) is 0 Å². The first-order chi connectivity index (χ1) is 12.3. The predicted octanol–water partition coefficient (Wildman–Crippen LogP) is 3.24. The lowest BCUT2D eigenvalue weighted by Crippen LogP contribution is -2.00. The van der Waals surface area contributed by atoms with Crippen LogP contribution in [0.25, 0.3) is 0 Å². The molecule has 126 valence electrons. The summed E-state index contributed by atoms with van der Waals surface area (Å²) in [7, 11) is 1.36. The van der Waals surface area contributed by atoms with Crippen LogP contribution in [0.3, 0.4) is 0 Å². The number of aromatic nitrogens is 3. The van der Waals surface area contributed by atoms with Gasteiger partial charge in [0, 0.05) is 5.75 Å². The molecule has 3 aromatic rings. The highest BCUT2D eigenvalue weighted by Crippen LogP contribution is 2.20. The Morgan fingerprint density at radius 3 is 2.68 bits per heavy atom. The number of methoxy groups -OCH3 is 1. The van der Waals surface area contributed by atoms with Crippen molar-refractivity contribution >= 4 is 23.9 Å². The summed E-state index contributed by atoms with van der Waals surface area (Å²) in [5, 5.41) is 13.1. The van der Waals surface area contributed by atoms with Crippen molar-refractivity contribution in [1.82, 2.24) is 14.9 Å². The van der Waals surface area contributed by atoms with Gasteiger partial charge in [-0.2, -0.15) is 9.78 Å². The monoisotopic (exact) mass is 352 g/mol. The number of carbonyl (C=O) groups is 1. The first-order valence-corrected chi connectivity index (χ1v) is 8.54. The minimum Gasteiger partial charge on any atom is -0.465 e. The molecular weight excluding hydrogens is 336 g/mol. The second-order valence-electron chi connectivity index (χ2n) is 5.09. The largest absolute Gasteiger partial charge is 0.465 e. The zero-order valence-electron chi connectivity index (χ0n) is 13.6. The molecule has 7 heteroatoms. The van der Waals surface area contributed by atoms with Crippen LogP contribution in [0, 0.1) is 0 Å². The number of hydrogen-bond donors (Lipinski definition) is 0. The quantitative estimate of drug-likeness (QED) is 0.387.